The van der Waals surface area contributed by atoms with Gasteiger partial charge in [-0.1, -0.05) is 6.07 Å². The van der Waals surface area contributed by atoms with E-state index in [0.29, 0.717) is 0 Å². The first-order valence-electron chi connectivity index (χ1n) is 6.31. The largest absolute Gasteiger partial charge is 0.368 e. The zero-order valence-corrected chi connectivity index (χ0v) is 10.7. The Hall–Kier alpha value is -1.46. The molecule has 98 valence electrons. The lowest BCUT2D eigenvalue weighted by atomic mass is 10.1. The van der Waals surface area contributed by atoms with E-state index in [1.807, 2.05) is 18.2 Å². The van der Waals surface area contributed by atoms with Crippen molar-refractivity contribution in [2.24, 2.45) is 5.73 Å². The number of pyridine rings is 1. The first-order chi connectivity index (χ1) is 8.68. The summed E-state index contributed by atoms with van der Waals surface area (Å²) in [6, 6.07) is 5.20. The molecule has 1 amide bonds. The fourth-order valence-corrected chi connectivity index (χ4v) is 2.38. The van der Waals surface area contributed by atoms with Crippen LogP contribution in [0.5, 0.6) is 0 Å². The van der Waals surface area contributed by atoms with Crippen molar-refractivity contribution in [2.75, 3.05) is 33.2 Å². The predicted molar refractivity (Wildman–Crippen MR) is 69.9 cm³/mol. The van der Waals surface area contributed by atoms with Gasteiger partial charge in [-0.25, -0.2) is 0 Å². The van der Waals surface area contributed by atoms with E-state index in [-0.39, 0.29) is 5.91 Å². The molecule has 5 nitrogen and oxygen atoms in total. The van der Waals surface area contributed by atoms with Gasteiger partial charge in [-0.2, -0.15) is 0 Å². The van der Waals surface area contributed by atoms with Crippen LogP contribution in [0, 0.1) is 0 Å². The van der Waals surface area contributed by atoms with Crippen LogP contribution in [-0.4, -0.2) is 53.9 Å². The molecule has 0 bridgehead atoms. The van der Waals surface area contributed by atoms with Gasteiger partial charge in [-0.3, -0.25) is 14.7 Å². The van der Waals surface area contributed by atoms with Gasteiger partial charge in [0, 0.05) is 25.8 Å². The summed E-state index contributed by atoms with van der Waals surface area (Å²) in [4.78, 5) is 20.4. The van der Waals surface area contributed by atoms with Gasteiger partial charge in [0.25, 0.3) is 0 Å². The van der Waals surface area contributed by atoms with Crippen LogP contribution in [-0.2, 0) is 4.79 Å². The van der Waals surface area contributed by atoms with Crippen molar-refractivity contribution in [3.05, 3.63) is 30.1 Å². The highest BCUT2D eigenvalue weighted by atomic mass is 16.1. The van der Waals surface area contributed by atoms with Crippen LogP contribution in [0.15, 0.2) is 24.4 Å². The van der Waals surface area contributed by atoms with Gasteiger partial charge in [0.15, 0.2) is 0 Å². The maximum absolute atomic E-state index is 11.7. The summed E-state index contributed by atoms with van der Waals surface area (Å²) in [5, 5.41) is 0. The third kappa shape index (κ3) is 3.05. The summed E-state index contributed by atoms with van der Waals surface area (Å²) < 4.78 is 0. The second kappa shape index (κ2) is 5.93. The Kier molecular flexibility index (Phi) is 4.28. The summed E-state index contributed by atoms with van der Waals surface area (Å²) in [6.45, 7) is 3.75. The molecule has 1 unspecified atom stereocenters. The minimum atomic E-state index is -0.405. The van der Waals surface area contributed by atoms with Gasteiger partial charge in [0.2, 0.25) is 5.91 Å². The quantitative estimate of drug-likeness (QED) is 0.832. The Labute approximate surface area is 108 Å². The Balaban J connectivity index is 2.17. The van der Waals surface area contributed by atoms with Crippen molar-refractivity contribution < 1.29 is 4.79 Å². The number of amides is 1. The molecule has 0 saturated carbocycles. The summed E-state index contributed by atoms with van der Waals surface area (Å²) in [5.74, 6) is -0.321. The van der Waals surface area contributed by atoms with E-state index in [1.54, 1.807) is 6.20 Å². The molecule has 5 heteroatoms. The second-order valence-corrected chi connectivity index (χ2v) is 4.75. The number of hydrogen-bond acceptors (Lipinski definition) is 4. The van der Waals surface area contributed by atoms with Gasteiger partial charge in [-0.05, 0) is 32.1 Å². The maximum atomic E-state index is 11.7. The highest BCUT2D eigenvalue weighted by molar-refractivity contribution is 5.80. The molecule has 0 aromatic carbocycles. The fraction of sp³-hybridized carbons (Fsp3) is 0.538. The van der Waals surface area contributed by atoms with E-state index in [9.17, 15) is 4.79 Å². The molecule has 1 saturated heterocycles. The highest BCUT2D eigenvalue weighted by Gasteiger charge is 2.27. The number of aromatic nitrogens is 1. The molecule has 2 rings (SSSR count). The highest BCUT2D eigenvalue weighted by Crippen LogP contribution is 2.19. The molecule has 2 heterocycles. The van der Waals surface area contributed by atoms with E-state index in [1.165, 1.54) is 0 Å². The number of nitrogens with two attached hydrogens (primary N) is 1. The SMILES string of the molecule is CN1CCCN(C(C(N)=O)c2ccccn2)CC1. The third-order valence-corrected chi connectivity index (χ3v) is 3.36. The number of nitrogens with zero attached hydrogens (tertiary/aromatic N) is 3. The van der Waals surface area contributed by atoms with Crippen LogP contribution in [0.1, 0.15) is 18.2 Å². The molecule has 0 spiro atoms. The van der Waals surface area contributed by atoms with Gasteiger partial charge in [0.05, 0.1) is 5.69 Å². The molecule has 1 atom stereocenters. The number of rotatable bonds is 3. The van der Waals surface area contributed by atoms with E-state index >= 15 is 0 Å². The van der Waals surface area contributed by atoms with E-state index in [4.69, 9.17) is 5.73 Å². The lowest BCUT2D eigenvalue weighted by Gasteiger charge is -2.27. The number of likely N-dealkylation sites (N-methyl/N-ethyl adjacent to an activating group) is 1. The van der Waals surface area contributed by atoms with Crippen molar-refractivity contribution in [3.63, 3.8) is 0 Å². The Morgan fingerprint density at radius 2 is 2.17 bits per heavy atom. The molecular weight excluding hydrogens is 228 g/mol. The van der Waals surface area contributed by atoms with Crippen molar-refractivity contribution in [1.82, 2.24) is 14.8 Å². The summed E-state index contributed by atoms with van der Waals surface area (Å²) in [7, 11) is 2.10. The Bertz CT molecular complexity index is 395. The van der Waals surface area contributed by atoms with E-state index in [0.717, 1.165) is 38.3 Å². The van der Waals surface area contributed by atoms with E-state index < -0.39 is 6.04 Å². The van der Waals surface area contributed by atoms with Crippen LogP contribution >= 0.6 is 0 Å². The lowest BCUT2D eigenvalue weighted by Crippen LogP contribution is -2.40. The summed E-state index contributed by atoms with van der Waals surface area (Å²) in [6.07, 6.45) is 2.75. The van der Waals surface area contributed by atoms with Crippen molar-refractivity contribution in [3.8, 4) is 0 Å². The minimum absolute atomic E-state index is 0.321. The first-order valence-corrected chi connectivity index (χ1v) is 6.31. The molecule has 0 radical (unpaired) electrons. The monoisotopic (exact) mass is 248 g/mol. The minimum Gasteiger partial charge on any atom is -0.368 e. The average Bonchev–Trinajstić information content (AvgIpc) is 2.56. The molecular formula is C13H20N4O. The molecule has 1 aromatic rings. The number of carbonyl (C=O) groups is 1. The summed E-state index contributed by atoms with van der Waals surface area (Å²) >= 11 is 0. The molecule has 1 fully saturated rings. The third-order valence-electron chi connectivity index (χ3n) is 3.36. The van der Waals surface area contributed by atoms with Crippen molar-refractivity contribution in [2.45, 2.75) is 12.5 Å². The normalized spacial score (nSPS) is 20.3. The van der Waals surface area contributed by atoms with Crippen molar-refractivity contribution in [1.29, 1.82) is 0 Å². The number of primary amides is 1. The zero-order chi connectivity index (χ0) is 13.0. The number of hydrogen-bond donors (Lipinski definition) is 1. The Morgan fingerprint density at radius 3 is 2.83 bits per heavy atom. The van der Waals surface area contributed by atoms with Crippen molar-refractivity contribution >= 4 is 5.91 Å². The van der Waals surface area contributed by atoms with Crippen LogP contribution in [0.4, 0.5) is 0 Å². The molecule has 0 aliphatic carbocycles. The molecule has 2 N–H and O–H groups in total. The molecule has 1 aromatic heterocycles. The first kappa shape index (κ1) is 13.0. The Morgan fingerprint density at radius 1 is 1.33 bits per heavy atom. The van der Waals surface area contributed by atoms with Crippen LogP contribution < -0.4 is 5.73 Å². The zero-order valence-electron chi connectivity index (χ0n) is 10.7. The van der Waals surface area contributed by atoms with E-state index in [2.05, 4.69) is 21.8 Å². The van der Waals surface area contributed by atoms with Gasteiger partial charge in [-0.15, -0.1) is 0 Å². The molecule has 18 heavy (non-hydrogen) atoms. The number of carbonyl (C=O) groups excluding carboxylic acids is 1. The maximum Gasteiger partial charge on any atom is 0.241 e. The average molecular weight is 248 g/mol. The van der Waals surface area contributed by atoms with Gasteiger partial charge in [0.1, 0.15) is 6.04 Å². The second-order valence-electron chi connectivity index (χ2n) is 4.75. The van der Waals surface area contributed by atoms with Crippen LogP contribution in [0.25, 0.3) is 0 Å². The van der Waals surface area contributed by atoms with Gasteiger partial charge >= 0.3 is 0 Å². The topological polar surface area (TPSA) is 62.5 Å². The molecule has 1 aliphatic heterocycles. The predicted octanol–water partition coefficient (Wildman–Crippen LogP) is 0.246. The fourth-order valence-electron chi connectivity index (χ4n) is 2.38. The molecule has 1 aliphatic rings. The van der Waals surface area contributed by atoms with Gasteiger partial charge < -0.3 is 10.6 Å². The van der Waals surface area contributed by atoms with Crippen LogP contribution in [0.2, 0.25) is 0 Å². The van der Waals surface area contributed by atoms with Crippen LogP contribution in [0.3, 0.4) is 0 Å². The standard InChI is InChI=1S/C13H20N4O/c1-16-7-4-8-17(10-9-16)12(13(14)18)11-5-2-3-6-15-11/h2-3,5-6,12H,4,7-10H2,1H3,(H2,14,18). The lowest BCUT2D eigenvalue weighted by molar-refractivity contribution is -0.123. The smallest absolute Gasteiger partial charge is 0.241 e. The summed E-state index contributed by atoms with van der Waals surface area (Å²) in [5.41, 5.74) is 6.30.